The fraction of sp³-hybridized carbons (Fsp3) is 0.588. The molecular weight excluding hydrogens is 284 g/mol. The van der Waals surface area contributed by atoms with Gasteiger partial charge in [0.25, 0.3) is 0 Å². The number of carbonyl (C=O) groups excluding carboxylic acids is 1. The van der Waals surface area contributed by atoms with Crippen LogP contribution in [0.2, 0.25) is 0 Å². The first-order valence-electron chi connectivity index (χ1n) is 7.66. The molecule has 0 heterocycles. The summed E-state index contributed by atoms with van der Waals surface area (Å²) in [6.45, 7) is 4.86. The van der Waals surface area contributed by atoms with Crippen LogP contribution in [0.5, 0.6) is 0 Å². The van der Waals surface area contributed by atoms with Gasteiger partial charge in [-0.2, -0.15) is 0 Å². The van der Waals surface area contributed by atoms with Crippen LogP contribution in [-0.4, -0.2) is 25.5 Å². The van der Waals surface area contributed by atoms with E-state index in [-0.39, 0.29) is 30.3 Å². The summed E-state index contributed by atoms with van der Waals surface area (Å²) in [6, 6.07) is 10.7. The third kappa shape index (κ3) is 8.08. The summed E-state index contributed by atoms with van der Waals surface area (Å²) >= 11 is 0. The molecule has 0 aliphatic carbocycles. The Labute approximate surface area is 135 Å². The van der Waals surface area contributed by atoms with E-state index in [0.717, 1.165) is 32.2 Å². The molecule has 1 aromatic carbocycles. The van der Waals surface area contributed by atoms with Gasteiger partial charge in [-0.3, -0.25) is 4.79 Å². The molecule has 3 nitrogen and oxygen atoms in total. The van der Waals surface area contributed by atoms with Crippen molar-refractivity contribution in [3.8, 4) is 0 Å². The Bertz CT molecular complexity index is 384. The molecule has 1 aromatic rings. The zero-order valence-corrected chi connectivity index (χ0v) is 14.2. The maximum atomic E-state index is 12.1. The summed E-state index contributed by atoms with van der Waals surface area (Å²) in [5.74, 6) is 0.182. The van der Waals surface area contributed by atoms with Crippen molar-refractivity contribution in [1.82, 2.24) is 10.6 Å². The highest BCUT2D eigenvalue weighted by Crippen LogP contribution is 2.09. The SMILES string of the molecule is CCCC(CCc1ccccc1)NC(=O)C(C)CNC.Cl. The molecule has 2 atom stereocenters. The van der Waals surface area contributed by atoms with Crippen LogP contribution in [-0.2, 0) is 11.2 Å². The van der Waals surface area contributed by atoms with Crippen molar-refractivity contribution in [1.29, 1.82) is 0 Å². The molecule has 0 spiro atoms. The van der Waals surface area contributed by atoms with Gasteiger partial charge < -0.3 is 10.6 Å². The zero-order valence-electron chi connectivity index (χ0n) is 13.4. The van der Waals surface area contributed by atoms with E-state index in [1.165, 1.54) is 5.56 Å². The Morgan fingerprint density at radius 2 is 1.86 bits per heavy atom. The number of hydrogen-bond acceptors (Lipinski definition) is 2. The molecule has 2 unspecified atom stereocenters. The molecule has 4 heteroatoms. The Balaban J connectivity index is 0.00000400. The Morgan fingerprint density at radius 3 is 2.43 bits per heavy atom. The van der Waals surface area contributed by atoms with Gasteiger partial charge in [0, 0.05) is 18.5 Å². The van der Waals surface area contributed by atoms with Gasteiger partial charge in [0.1, 0.15) is 0 Å². The molecule has 120 valence electrons. The van der Waals surface area contributed by atoms with Crippen molar-refractivity contribution in [3.63, 3.8) is 0 Å². The molecular formula is C17H29ClN2O. The van der Waals surface area contributed by atoms with Crippen LogP contribution >= 0.6 is 12.4 Å². The maximum absolute atomic E-state index is 12.1. The Hall–Kier alpha value is -1.06. The number of halogens is 1. The van der Waals surface area contributed by atoms with Crippen molar-refractivity contribution < 1.29 is 4.79 Å². The van der Waals surface area contributed by atoms with Crippen LogP contribution in [0.25, 0.3) is 0 Å². The van der Waals surface area contributed by atoms with Crippen molar-refractivity contribution in [2.45, 2.75) is 45.6 Å². The molecule has 21 heavy (non-hydrogen) atoms. The first-order valence-corrected chi connectivity index (χ1v) is 7.66. The molecule has 0 saturated heterocycles. The number of benzene rings is 1. The average molecular weight is 313 g/mol. The van der Waals surface area contributed by atoms with Gasteiger partial charge in [0.05, 0.1) is 0 Å². The van der Waals surface area contributed by atoms with E-state index in [1.54, 1.807) is 0 Å². The molecule has 0 bridgehead atoms. The topological polar surface area (TPSA) is 41.1 Å². The predicted octanol–water partition coefficient (Wildman–Crippen LogP) is 3.18. The van der Waals surface area contributed by atoms with Gasteiger partial charge in [-0.05, 0) is 31.9 Å². The Morgan fingerprint density at radius 1 is 1.19 bits per heavy atom. The van der Waals surface area contributed by atoms with E-state index in [2.05, 4.69) is 41.8 Å². The van der Waals surface area contributed by atoms with Crippen LogP contribution in [0.1, 0.15) is 38.7 Å². The number of hydrogen-bond donors (Lipinski definition) is 2. The second-order valence-electron chi connectivity index (χ2n) is 5.48. The first-order chi connectivity index (χ1) is 9.67. The minimum absolute atomic E-state index is 0. The van der Waals surface area contributed by atoms with E-state index in [1.807, 2.05) is 20.0 Å². The van der Waals surface area contributed by atoms with E-state index in [4.69, 9.17) is 0 Å². The average Bonchev–Trinajstić information content (AvgIpc) is 2.46. The van der Waals surface area contributed by atoms with E-state index in [9.17, 15) is 4.79 Å². The number of carbonyl (C=O) groups is 1. The monoisotopic (exact) mass is 312 g/mol. The lowest BCUT2D eigenvalue weighted by Gasteiger charge is -2.20. The standard InChI is InChI=1S/C17H28N2O.ClH/c1-4-8-16(19-17(20)14(2)13-18-3)12-11-15-9-6-5-7-10-15;/h5-7,9-10,14,16,18H,4,8,11-13H2,1-3H3,(H,19,20);1H. The third-order valence-corrected chi connectivity index (χ3v) is 3.57. The lowest BCUT2D eigenvalue weighted by Crippen LogP contribution is -2.41. The molecule has 0 aromatic heterocycles. The minimum Gasteiger partial charge on any atom is -0.353 e. The Kier molecular flexibility index (Phi) is 11.0. The van der Waals surface area contributed by atoms with Crippen molar-refractivity contribution in [2.24, 2.45) is 5.92 Å². The molecule has 0 fully saturated rings. The lowest BCUT2D eigenvalue weighted by atomic mass is 10.0. The summed E-state index contributed by atoms with van der Waals surface area (Å²) in [4.78, 5) is 12.1. The van der Waals surface area contributed by atoms with Crippen molar-refractivity contribution >= 4 is 18.3 Å². The molecule has 1 rings (SSSR count). The van der Waals surface area contributed by atoms with E-state index < -0.39 is 0 Å². The zero-order chi connectivity index (χ0) is 14.8. The van der Waals surface area contributed by atoms with Gasteiger partial charge in [-0.1, -0.05) is 50.6 Å². The molecule has 0 saturated carbocycles. The first kappa shape index (κ1) is 19.9. The molecule has 2 N–H and O–H groups in total. The normalized spacial score (nSPS) is 13.1. The van der Waals surface area contributed by atoms with Crippen LogP contribution in [0, 0.1) is 5.92 Å². The molecule has 0 radical (unpaired) electrons. The van der Waals surface area contributed by atoms with Gasteiger partial charge in [0.15, 0.2) is 0 Å². The number of nitrogens with one attached hydrogen (secondary N) is 2. The fourth-order valence-electron chi connectivity index (χ4n) is 2.37. The largest absolute Gasteiger partial charge is 0.353 e. The number of amides is 1. The minimum atomic E-state index is 0. The third-order valence-electron chi connectivity index (χ3n) is 3.57. The highest BCUT2D eigenvalue weighted by molar-refractivity contribution is 5.85. The van der Waals surface area contributed by atoms with Crippen LogP contribution in [0.3, 0.4) is 0 Å². The number of aryl methyl sites for hydroxylation is 1. The van der Waals surface area contributed by atoms with Crippen molar-refractivity contribution in [3.05, 3.63) is 35.9 Å². The highest BCUT2D eigenvalue weighted by Gasteiger charge is 2.16. The van der Waals surface area contributed by atoms with Crippen molar-refractivity contribution in [2.75, 3.05) is 13.6 Å². The summed E-state index contributed by atoms with van der Waals surface area (Å²) < 4.78 is 0. The van der Waals surface area contributed by atoms with Crippen LogP contribution in [0.15, 0.2) is 30.3 Å². The lowest BCUT2D eigenvalue weighted by molar-refractivity contribution is -0.125. The maximum Gasteiger partial charge on any atom is 0.224 e. The number of rotatable bonds is 9. The van der Waals surface area contributed by atoms with Gasteiger partial charge in [-0.25, -0.2) is 0 Å². The van der Waals surface area contributed by atoms with Gasteiger partial charge in [0.2, 0.25) is 5.91 Å². The summed E-state index contributed by atoms with van der Waals surface area (Å²) in [6.07, 6.45) is 4.17. The quantitative estimate of drug-likeness (QED) is 0.735. The second kappa shape index (κ2) is 11.6. The predicted molar refractivity (Wildman–Crippen MR) is 91.9 cm³/mol. The van der Waals surface area contributed by atoms with E-state index in [0.29, 0.717) is 0 Å². The summed E-state index contributed by atoms with van der Waals surface area (Å²) in [5, 5.41) is 6.24. The molecule has 1 amide bonds. The summed E-state index contributed by atoms with van der Waals surface area (Å²) in [5.41, 5.74) is 1.34. The fourth-order valence-corrected chi connectivity index (χ4v) is 2.37. The van der Waals surface area contributed by atoms with E-state index >= 15 is 0 Å². The van der Waals surface area contributed by atoms with Crippen LogP contribution < -0.4 is 10.6 Å². The summed E-state index contributed by atoms with van der Waals surface area (Å²) in [7, 11) is 1.88. The second-order valence-corrected chi connectivity index (χ2v) is 5.48. The molecule has 0 aliphatic heterocycles. The van der Waals surface area contributed by atoms with Gasteiger partial charge >= 0.3 is 0 Å². The van der Waals surface area contributed by atoms with Gasteiger partial charge in [-0.15, -0.1) is 12.4 Å². The molecule has 0 aliphatic rings. The van der Waals surface area contributed by atoms with Crippen LogP contribution in [0.4, 0.5) is 0 Å². The smallest absolute Gasteiger partial charge is 0.224 e. The highest BCUT2D eigenvalue weighted by atomic mass is 35.5.